The molecule has 30 heavy (non-hydrogen) atoms. The van der Waals surface area contributed by atoms with Gasteiger partial charge in [0, 0.05) is 18.3 Å². The standard InChI is InChI=1S/C21H22N4O4S/c1-13-5-4-6-18(11-13)28-12-19-24-25-21(29-19)30-14(2)20(27)23-17-9-7-16(8-10-17)22-15(3)26/h4-11,14H,12H2,1-3H3,(H,22,26)(H,23,27)/t14-/m1/s1. The number of hydrogen-bond acceptors (Lipinski definition) is 7. The Bertz CT molecular complexity index is 1020. The van der Waals surface area contributed by atoms with E-state index in [0.29, 0.717) is 22.5 Å². The molecule has 0 radical (unpaired) electrons. The van der Waals surface area contributed by atoms with Crippen molar-refractivity contribution < 1.29 is 18.7 Å². The molecule has 2 amide bonds. The number of anilines is 2. The van der Waals surface area contributed by atoms with Crippen LogP contribution in [-0.4, -0.2) is 27.3 Å². The van der Waals surface area contributed by atoms with Crippen molar-refractivity contribution in [2.75, 3.05) is 10.6 Å². The van der Waals surface area contributed by atoms with E-state index in [4.69, 9.17) is 9.15 Å². The Balaban J connectivity index is 1.49. The Kier molecular flexibility index (Phi) is 7.08. The number of rotatable bonds is 8. The SMILES string of the molecule is CC(=O)Nc1ccc(NC(=O)[C@@H](C)Sc2nnc(COc3cccc(C)c3)o2)cc1. The zero-order valence-corrected chi connectivity index (χ0v) is 17.7. The molecule has 0 spiro atoms. The zero-order chi connectivity index (χ0) is 21.5. The average molecular weight is 426 g/mol. The first-order valence-electron chi connectivity index (χ1n) is 9.26. The van der Waals surface area contributed by atoms with Gasteiger partial charge in [-0.15, -0.1) is 10.2 Å². The number of benzene rings is 2. The summed E-state index contributed by atoms with van der Waals surface area (Å²) in [4.78, 5) is 23.5. The van der Waals surface area contributed by atoms with Gasteiger partial charge in [0.1, 0.15) is 5.75 Å². The summed E-state index contributed by atoms with van der Waals surface area (Å²) in [5.41, 5.74) is 2.38. The molecule has 0 bridgehead atoms. The van der Waals surface area contributed by atoms with Gasteiger partial charge in [0.2, 0.25) is 11.8 Å². The maximum Gasteiger partial charge on any atom is 0.277 e. The Hall–Kier alpha value is -3.33. The van der Waals surface area contributed by atoms with Crippen molar-refractivity contribution in [2.45, 2.75) is 37.9 Å². The zero-order valence-electron chi connectivity index (χ0n) is 16.8. The molecule has 2 N–H and O–H groups in total. The van der Waals surface area contributed by atoms with Gasteiger partial charge in [0.15, 0.2) is 6.61 Å². The van der Waals surface area contributed by atoms with Gasteiger partial charge >= 0.3 is 0 Å². The average Bonchev–Trinajstić information content (AvgIpc) is 3.15. The number of thioether (sulfide) groups is 1. The third kappa shape index (κ3) is 6.35. The minimum Gasteiger partial charge on any atom is -0.484 e. The first kappa shape index (κ1) is 21.4. The third-order valence-electron chi connectivity index (χ3n) is 3.92. The van der Waals surface area contributed by atoms with Crippen molar-refractivity contribution in [1.29, 1.82) is 0 Å². The Morgan fingerprint density at radius 2 is 1.80 bits per heavy atom. The highest BCUT2D eigenvalue weighted by molar-refractivity contribution is 8.00. The van der Waals surface area contributed by atoms with Crippen molar-refractivity contribution in [3.63, 3.8) is 0 Å². The highest BCUT2D eigenvalue weighted by Gasteiger charge is 2.18. The number of nitrogens with one attached hydrogen (secondary N) is 2. The molecule has 9 heteroatoms. The molecule has 0 aliphatic carbocycles. The molecule has 0 aliphatic heterocycles. The van der Waals surface area contributed by atoms with Crippen molar-refractivity contribution in [1.82, 2.24) is 10.2 Å². The van der Waals surface area contributed by atoms with Crippen LogP contribution in [0.1, 0.15) is 25.3 Å². The van der Waals surface area contributed by atoms with Crippen LogP contribution in [0.15, 0.2) is 58.2 Å². The molecule has 0 aliphatic rings. The predicted molar refractivity (Wildman–Crippen MR) is 115 cm³/mol. The molecular formula is C21H22N4O4S. The van der Waals surface area contributed by atoms with Crippen LogP contribution in [0.5, 0.6) is 5.75 Å². The first-order valence-corrected chi connectivity index (χ1v) is 10.1. The number of ether oxygens (including phenoxy) is 1. The molecule has 0 fully saturated rings. The van der Waals surface area contributed by atoms with E-state index in [1.165, 1.54) is 6.92 Å². The summed E-state index contributed by atoms with van der Waals surface area (Å²) < 4.78 is 11.2. The van der Waals surface area contributed by atoms with Gasteiger partial charge in [-0.2, -0.15) is 0 Å². The van der Waals surface area contributed by atoms with Crippen LogP contribution in [0.25, 0.3) is 0 Å². The minimum absolute atomic E-state index is 0.151. The van der Waals surface area contributed by atoms with Crippen LogP contribution in [0.4, 0.5) is 11.4 Å². The van der Waals surface area contributed by atoms with Gasteiger partial charge in [0.25, 0.3) is 11.1 Å². The Morgan fingerprint density at radius 3 is 2.47 bits per heavy atom. The largest absolute Gasteiger partial charge is 0.484 e. The van der Waals surface area contributed by atoms with Crippen molar-refractivity contribution in [3.8, 4) is 5.75 Å². The van der Waals surface area contributed by atoms with Crippen LogP contribution in [0.3, 0.4) is 0 Å². The van der Waals surface area contributed by atoms with Gasteiger partial charge in [0.05, 0.1) is 5.25 Å². The third-order valence-corrected chi connectivity index (χ3v) is 4.85. The summed E-state index contributed by atoms with van der Waals surface area (Å²) in [7, 11) is 0. The van der Waals surface area contributed by atoms with E-state index in [1.54, 1.807) is 31.2 Å². The Labute approximate surface area is 178 Å². The maximum absolute atomic E-state index is 12.4. The van der Waals surface area contributed by atoms with E-state index in [0.717, 1.165) is 23.1 Å². The van der Waals surface area contributed by atoms with Gasteiger partial charge in [-0.05, 0) is 55.8 Å². The molecule has 2 aromatic carbocycles. The normalized spacial score (nSPS) is 11.6. The van der Waals surface area contributed by atoms with E-state index < -0.39 is 5.25 Å². The Morgan fingerprint density at radius 1 is 1.10 bits per heavy atom. The number of aromatic nitrogens is 2. The molecule has 156 valence electrons. The molecule has 1 atom stereocenters. The number of hydrogen-bond donors (Lipinski definition) is 2. The molecule has 0 saturated heterocycles. The molecule has 3 aromatic rings. The topological polar surface area (TPSA) is 106 Å². The highest BCUT2D eigenvalue weighted by atomic mass is 32.2. The lowest BCUT2D eigenvalue weighted by atomic mass is 10.2. The summed E-state index contributed by atoms with van der Waals surface area (Å²) in [5, 5.41) is 13.2. The number of carbonyl (C=O) groups is 2. The second-order valence-electron chi connectivity index (χ2n) is 6.57. The van der Waals surface area contributed by atoms with Crippen molar-refractivity contribution in [3.05, 3.63) is 60.0 Å². The van der Waals surface area contributed by atoms with Gasteiger partial charge in [-0.3, -0.25) is 9.59 Å². The first-order chi connectivity index (χ1) is 14.4. The minimum atomic E-state index is -0.453. The van der Waals surface area contributed by atoms with Crippen LogP contribution in [-0.2, 0) is 16.2 Å². The van der Waals surface area contributed by atoms with Crippen molar-refractivity contribution >= 4 is 35.0 Å². The fourth-order valence-electron chi connectivity index (χ4n) is 2.48. The maximum atomic E-state index is 12.4. The predicted octanol–water partition coefficient (Wildman–Crippen LogP) is 4.03. The van der Waals surface area contributed by atoms with Gasteiger partial charge in [-0.25, -0.2) is 0 Å². The number of aryl methyl sites for hydroxylation is 1. The lowest BCUT2D eigenvalue weighted by Crippen LogP contribution is -2.22. The summed E-state index contributed by atoms with van der Waals surface area (Å²) in [6.45, 7) is 5.32. The molecule has 3 rings (SSSR count). The molecule has 1 heterocycles. The summed E-state index contributed by atoms with van der Waals surface area (Å²) in [6.07, 6.45) is 0. The van der Waals surface area contributed by atoms with Crippen LogP contribution < -0.4 is 15.4 Å². The molecule has 1 aromatic heterocycles. The van der Waals surface area contributed by atoms with E-state index >= 15 is 0 Å². The number of nitrogens with zero attached hydrogens (tertiary/aromatic N) is 2. The molecule has 0 saturated carbocycles. The summed E-state index contributed by atoms with van der Waals surface area (Å²) in [6, 6.07) is 14.5. The summed E-state index contributed by atoms with van der Waals surface area (Å²) >= 11 is 1.16. The quantitative estimate of drug-likeness (QED) is 0.524. The van der Waals surface area contributed by atoms with Gasteiger partial charge in [-0.1, -0.05) is 23.9 Å². The van der Waals surface area contributed by atoms with E-state index in [2.05, 4.69) is 20.8 Å². The fourth-order valence-corrected chi connectivity index (χ4v) is 3.18. The second kappa shape index (κ2) is 9.93. The van der Waals surface area contributed by atoms with Crippen LogP contribution in [0.2, 0.25) is 0 Å². The van der Waals surface area contributed by atoms with Crippen LogP contribution >= 0.6 is 11.8 Å². The summed E-state index contributed by atoms with van der Waals surface area (Å²) in [5.74, 6) is 0.697. The smallest absolute Gasteiger partial charge is 0.277 e. The van der Waals surface area contributed by atoms with E-state index in [1.807, 2.05) is 31.2 Å². The fraction of sp³-hybridized carbons (Fsp3) is 0.238. The van der Waals surface area contributed by atoms with Crippen LogP contribution in [0, 0.1) is 6.92 Å². The second-order valence-corrected chi connectivity index (χ2v) is 7.87. The number of carbonyl (C=O) groups excluding carboxylic acids is 2. The lowest BCUT2D eigenvalue weighted by Gasteiger charge is -2.10. The molecule has 0 unspecified atom stereocenters. The van der Waals surface area contributed by atoms with Crippen molar-refractivity contribution in [2.24, 2.45) is 0 Å². The van der Waals surface area contributed by atoms with Gasteiger partial charge < -0.3 is 19.8 Å². The molecular weight excluding hydrogens is 404 g/mol. The van der Waals surface area contributed by atoms with E-state index in [9.17, 15) is 9.59 Å². The molecule has 8 nitrogen and oxygen atoms in total. The highest BCUT2D eigenvalue weighted by Crippen LogP contribution is 2.24. The lowest BCUT2D eigenvalue weighted by molar-refractivity contribution is -0.115. The monoisotopic (exact) mass is 426 g/mol. The number of amides is 2. The van der Waals surface area contributed by atoms with E-state index in [-0.39, 0.29) is 18.4 Å².